The smallest absolute Gasteiger partial charge is 0.140 e. The standard InChI is InChI=1S/C11H11F2NOS/c12-8-2-3-9(13)10(6-8)16-14-11(7-15)4-1-5-11/h2-3,6-7,14H,1,4-5H2. The van der Waals surface area contributed by atoms with Crippen LogP contribution in [-0.4, -0.2) is 11.8 Å². The summed E-state index contributed by atoms with van der Waals surface area (Å²) < 4.78 is 29.0. The highest BCUT2D eigenvalue weighted by Crippen LogP contribution is 2.33. The van der Waals surface area contributed by atoms with Crippen LogP contribution in [0, 0.1) is 11.6 Å². The lowest BCUT2D eigenvalue weighted by Crippen LogP contribution is -2.49. The highest BCUT2D eigenvalue weighted by Gasteiger charge is 2.36. The average molecular weight is 243 g/mol. The van der Waals surface area contributed by atoms with Crippen LogP contribution in [-0.2, 0) is 4.79 Å². The van der Waals surface area contributed by atoms with Gasteiger partial charge in [0.25, 0.3) is 0 Å². The van der Waals surface area contributed by atoms with E-state index in [2.05, 4.69) is 4.72 Å². The summed E-state index contributed by atoms with van der Waals surface area (Å²) in [6, 6.07) is 3.26. The molecule has 1 aliphatic rings. The summed E-state index contributed by atoms with van der Waals surface area (Å²) >= 11 is 0.972. The Bertz CT molecular complexity index is 407. The summed E-state index contributed by atoms with van der Waals surface area (Å²) in [5.41, 5.74) is -0.552. The van der Waals surface area contributed by atoms with Crippen LogP contribution >= 0.6 is 11.9 Å². The Morgan fingerprint density at radius 3 is 2.69 bits per heavy atom. The number of nitrogens with one attached hydrogen (secondary N) is 1. The number of halogens is 2. The van der Waals surface area contributed by atoms with Crippen molar-refractivity contribution in [3.8, 4) is 0 Å². The zero-order valence-corrected chi connectivity index (χ0v) is 9.32. The van der Waals surface area contributed by atoms with E-state index in [1.54, 1.807) is 0 Å². The molecule has 1 saturated carbocycles. The Morgan fingerprint density at radius 1 is 1.38 bits per heavy atom. The van der Waals surface area contributed by atoms with E-state index in [1.807, 2.05) is 0 Å². The minimum absolute atomic E-state index is 0.174. The molecular weight excluding hydrogens is 232 g/mol. The van der Waals surface area contributed by atoms with Gasteiger partial charge in [-0.2, -0.15) is 0 Å². The van der Waals surface area contributed by atoms with Crippen LogP contribution in [0.15, 0.2) is 23.1 Å². The summed E-state index contributed by atoms with van der Waals surface area (Å²) in [5, 5.41) is 0. The highest BCUT2D eigenvalue weighted by atomic mass is 32.2. The second kappa shape index (κ2) is 4.51. The molecule has 0 atom stereocenters. The van der Waals surface area contributed by atoms with Crippen molar-refractivity contribution in [3.63, 3.8) is 0 Å². The molecule has 2 nitrogen and oxygen atoms in total. The summed E-state index contributed by atoms with van der Waals surface area (Å²) in [5.74, 6) is -0.973. The molecule has 16 heavy (non-hydrogen) atoms. The zero-order valence-electron chi connectivity index (χ0n) is 8.50. The minimum atomic E-state index is -0.552. The molecule has 0 saturated heterocycles. The van der Waals surface area contributed by atoms with E-state index < -0.39 is 17.2 Å². The van der Waals surface area contributed by atoms with Gasteiger partial charge in [0.15, 0.2) is 0 Å². The predicted octanol–water partition coefficient (Wildman–Crippen LogP) is 2.68. The van der Waals surface area contributed by atoms with Crippen LogP contribution in [0.2, 0.25) is 0 Å². The third kappa shape index (κ3) is 2.25. The molecular formula is C11H11F2NOS. The lowest BCUT2D eigenvalue weighted by Gasteiger charge is -2.36. The quantitative estimate of drug-likeness (QED) is 0.651. The maximum atomic E-state index is 13.3. The SMILES string of the molecule is O=CC1(NSc2cc(F)ccc2F)CCC1. The van der Waals surface area contributed by atoms with Crippen LogP contribution in [0.25, 0.3) is 0 Å². The van der Waals surface area contributed by atoms with E-state index in [-0.39, 0.29) is 4.90 Å². The van der Waals surface area contributed by atoms with E-state index in [0.29, 0.717) is 0 Å². The van der Waals surface area contributed by atoms with Gasteiger partial charge in [-0.15, -0.1) is 0 Å². The van der Waals surface area contributed by atoms with Gasteiger partial charge in [-0.3, -0.25) is 0 Å². The van der Waals surface area contributed by atoms with Crippen molar-refractivity contribution in [3.05, 3.63) is 29.8 Å². The first-order valence-electron chi connectivity index (χ1n) is 5.01. The molecule has 0 unspecified atom stereocenters. The van der Waals surface area contributed by atoms with Crippen molar-refractivity contribution < 1.29 is 13.6 Å². The van der Waals surface area contributed by atoms with Gasteiger partial charge >= 0.3 is 0 Å². The maximum absolute atomic E-state index is 13.3. The molecule has 1 aromatic rings. The van der Waals surface area contributed by atoms with Crippen molar-refractivity contribution >= 4 is 18.2 Å². The van der Waals surface area contributed by atoms with Gasteiger partial charge in [-0.05, 0) is 49.4 Å². The number of benzene rings is 1. The van der Waals surface area contributed by atoms with Crippen molar-refractivity contribution in [1.82, 2.24) is 4.72 Å². The average Bonchev–Trinajstić information content (AvgIpc) is 2.22. The van der Waals surface area contributed by atoms with Crippen molar-refractivity contribution in [2.24, 2.45) is 0 Å². The number of carbonyl (C=O) groups is 1. The summed E-state index contributed by atoms with van der Waals surface area (Å²) in [6.07, 6.45) is 3.33. The number of rotatable bonds is 4. The number of hydrogen-bond acceptors (Lipinski definition) is 3. The molecule has 1 N–H and O–H groups in total. The van der Waals surface area contributed by atoms with Crippen LogP contribution in [0.4, 0.5) is 8.78 Å². The van der Waals surface area contributed by atoms with Crippen LogP contribution in [0.3, 0.4) is 0 Å². The molecule has 2 rings (SSSR count). The fourth-order valence-corrected chi connectivity index (χ4v) is 2.42. The molecule has 1 aliphatic carbocycles. The normalized spacial score (nSPS) is 17.9. The first-order valence-corrected chi connectivity index (χ1v) is 5.82. The van der Waals surface area contributed by atoms with Gasteiger partial charge in [0.1, 0.15) is 17.9 Å². The van der Waals surface area contributed by atoms with E-state index in [1.165, 1.54) is 0 Å². The lowest BCUT2D eigenvalue weighted by atomic mass is 9.79. The highest BCUT2D eigenvalue weighted by molar-refractivity contribution is 7.97. The van der Waals surface area contributed by atoms with Gasteiger partial charge in [-0.25, -0.2) is 13.5 Å². The third-order valence-electron chi connectivity index (χ3n) is 2.73. The summed E-state index contributed by atoms with van der Waals surface area (Å²) in [6.45, 7) is 0. The van der Waals surface area contributed by atoms with Crippen LogP contribution in [0.1, 0.15) is 19.3 Å². The van der Waals surface area contributed by atoms with E-state index in [0.717, 1.165) is 55.7 Å². The molecule has 0 aliphatic heterocycles. The van der Waals surface area contributed by atoms with E-state index >= 15 is 0 Å². The first-order chi connectivity index (χ1) is 7.65. The Kier molecular flexibility index (Phi) is 3.25. The molecule has 1 aromatic carbocycles. The third-order valence-corrected chi connectivity index (χ3v) is 3.77. The fraction of sp³-hybridized carbons (Fsp3) is 0.364. The Labute approximate surface area is 96.6 Å². The van der Waals surface area contributed by atoms with Gasteiger partial charge in [0.2, 0.25) is 0 Å². The minimum Gasteiger partial charge on any atom is -0.301 e. The molecule has 0 spiro atoms. The van der Waals surface area contributed by atoms with Crippen LogP contribution in [0.5, 0.6) is 0 Å². The topological polar surface area (TPSA) is 29.1 Å². The predicted molar refractivity (Wildman–Crippen MR) is 58.0 cm³/mol. The zero-order chi connectivity index (χ0) is 11.6. The van der Waals surface area contributed by atoms with Crippen molar-refractivity contribution in [1.29, 1.82) is 0 Å². The maximum Gasteiger partial charge on any atom is 0.140 e. The van der Waals surface area contributed by atoms with Gasteiger partial charge in [0.05, 0.1) is 10.4 Å². The van der Waals surface area contributed by atoms with Gasteiger partial charge in [0, 0.05) is 0 Å². The van der Waals surface area contributed by atoms with Crippen LogP contribution < -0.4 is 4.72 Å². The molecule has 1 fully saturated rings. The Balaban J connectivity index is 2.04. The Morgan fingerprint density at radius 2 is 2.12 bits per heavy atom. The van der Waals surface area contributed by atoms with Crippen molar-refractivity contribution in [2.75, 3.05) is 0 Å². The van der Waals surface area contributed by atoms with Gasteiger partial charge < -0.3 is 4.79 Å². The molecule has 0 radical (unpaired) electrons. The summed E-state index contributed by atoms with van der Waals surface area (Å²) in [4.78, 5) is 11.0. The number of hydrogen-bond donors (Lipinski definition) is 1. The molecule has 0 amide bonds. The first kappa shape index (κ1) is 11.5. The lowest BCUT2D eigenvalue weighted by molar-refractivity contribution is -0.115. The van der Waals surface area contributed by atoms with Crippen molar-refractivity contribution in [2.45, 2.75) is 29.7 Å². The Hall–Kier alpha value is -0.940. The second-order valence-electron chi connectivity index (χ2n) is 3.91. The molecule has 0 aromatic heterocycles. The molecule has 0 bridgehead atoms. The van der Waals surface area contributed by atoms with Gasteiger partial charge in [-0.1, -0.05) is 0 Å². The van der Waals surface area contributed by atoms with E-state index in [4.69, 9.17) is 0 Å². The summed E-state index contributed by atoms with van der Waals surface area (Å²) in [7, 11) is 0. The largest absolute Gasteiger partial charge is 0.301 e. The molecule has 86 valence electrons. The number of carbonyl (C=O) groups excluding carboxylic acids is 1. The fourth-order valence-electron chi connectivity index (χ4n) is 1.51. The van der Waals surface area contributed by atoms with E-state index in [9.17, 15) is 13.6 Å². The number of aldehydes is 1. The molecule has 0 heterocycles. The second-order valence-corrected chi connectivity index (χ2v) is 4.75. The monoisotopic (exact) mass is 243 g/mol. The molecule has 5 heteroatoms.